The predicted octanol–water partition coefficient (Wildman–Crippen LogP) is 5.28. The van der Waals surface area contributed by atoms with Crippen molar-refractivity contribution in [2.75, 3.05) is 0 Å². The second kappa shape index (κ2) is 5.41. The number of hydrogen-bond acceptors (Lipinski definition) is 2. The summed E-state index contributed by atoms with van der Waals surface area (Å²) >= 11 is 14.6. The van der Waals surface area contributed by atoms with Crippen molar-refractivity contribution in [3.05, 3.63) is 53.6 Å². The van der Waals surface area contributed by atoms with Crippen molar-refractivity contribution in [1.82, 2.24) is 0 Å². The summed E-state index contributed by atoms with van der Waals surface area (Å²) in [5.74, 6) is 0. The van der Waals surface area contributed by atoms with Crippen LogP contribution in [0.3, 0.4) is 0 Å². The van der Waals surface area contributed by atoms with Gasteiger partial charge in [-0.2, -0.15) is 0 Å². The van der Waals surface area contributed by atoms with Crippen molar-refractivity contribution in [2.45, 2.75) is 13.0 Å². The van der Waals surface area contributed by atoms with Crippen molar-refractivity contribution in [1.29, 1.82) is 0 Å². The first kappa shape index (κ1) is 13.6. The second-order valence-corrected chi connectivity index (χ2v) is 7.44. The number of benzene rings is 1. The van der Waals surface area contributed by atoms with E-state index in [1.54, 1.807) is 11.3 Å². The van der Waals surface area contributed by atoms with E-state index in [0.717, 1.165) is 18.7 Å². The normalized spacial score (nSPS) is 12.8. The molecule has 2 aromatic rings. The smallest absolute Gasteiger partial charge is 0.0731 e. The molecular weight excluding hydrogens is 385 g/mol. The van der Waals surface area contributed by atoms with Crippen LogP contribution in [0.25, 0.3) is 0 Å². The Bertz CT molecular complexity index is 534. The first-order valence-corrected chi connectivity index (χ1v) is 7.73. The fourth-order valence-electron chi connectivity index (χ4n) is 1.54. The Morgan fingerprint density at radius 2 is 2.00 bits per heavy atom. The highest BCUT2D eigenvalue weighted by Gasteiger charge is 2.15. The van der Waals surface area contributed by atoms with Crippen molar-refractivity contribution in [3.8, 4) is 0 Å². The third-order valence-corrected chi connectivity index (χ3v) is 5.62. The van der Waals surface area contributed by atoms with Gasteiger partial charge in [0.25, 0.3) is 0 Å². The zero-order valence-electron chi connectivity index (χ0n) is 9.01. The number of aryl methyl sites for hydroxylation is 1. The van der Waals surface area contributed by atoms with E-state index in [1.807, 2.05) is 18.2 Å². The van der Waals surface area contributed by atoms with Crippen molar-refractivity contribution >= 4 is 54.8 Å². The monoisotopic (exact) mass is 393 g/mol. The molecule has 2 rings (SSSR count). The van der Waals surface area contributed by atoms with E-state index in [4.69, 9.17) is 17.3 Å². The maximum Gasteiger partial charge on any atom is 0.0731 e. The maximum atomic E-state index is 6.27. The molecule has 0 saturated heterocycles. The molecule has 0 fully saturated rings. The van der Waals surface area contributed by atoms with Gasteiger partial charge in [0, 0.05) is 14.4 Å². The lowest BCUT2D eigenvalue weighted by atomic mass is 10.1. The van der Waals surface area contributed by atoms with E-state index in [2.05, 4.69) is 44.8 Å². The summed E-state index contributed by atoms with van der Waals surface area (Å²) in [7, 11) is 0. The van der Waals surface area contributed by atoms with Crippen LogP contribution in [0.5, 0.6) is 0 Å². The number of thiophene rings is 1. The number of rotatable bonds is 2. The molecule has 1 aromatic heterocycles. The van der Waals surface area contributed by atoms with E-state index < -0.39 is 0 Å². The molecule has 1 nitrogen and oxygen atoms in total. The standard InChI is InChI=1S/C12H10Br2ClNS/c1-6-4-10(17-12(6)14)11(16)8-3-2-7(15)5-9(8)13/h2-5,11H,16H2,1H3. The Labute approximate surface area is 126 Å². The number of nitrogens with two attached hydrogens (primary N) is 1. The number of hydrogen-bond donors (Lipinski definition) is 1. The summed E-state index contributed by atoms with van der Waals surface area (Å²) in [6.07, 6.45) is 0. The Morgan fingerprint density at radius 3 is 2.53 bits per heavy atom. The third-order valence-electron chi connectivity index (χ3n) is 2.48. The lowest BCUT2D eigenvalue weighted by Gasteiger charge is -2.12. The van der Waals surface area contributed by atoms with Gasteiger partial charge < -0.3 is 5.73 Å². The predicted molar refractivity (Wildman–Crippen MR) is 81.9 cm³/mol. The van der Waals surface area contributed by atoms with Gasteiger partial charge in [0.1, 0.15) is 0 Å². The average Bonchev–Trinajstić information content (AvgIpc) is 2.58. The summed E-state index contributed by atoms with van der Waals surface area (Å²) in [6, 6.07) is 7.67. The van der Waals surface area contributed by atoms with E-state index >= 15 is 0 Å². The molecule has 0 amide bonds. The number of halogens is 3. The van der Waals surface area contributed by atoms with Gasteiger partial charge in [0.15, 0.2) is 0 Å². The van der Waals surface area contributed by atoms with Crippen LogP contribution in [0.2, 0.25) is 5.02 Å². The van der Waals surface area contributed by atoms with E-state index in [9.17, 15) is 0 Å². The molecular formula is C12H10Br2ClNS. The summed E-state index contributed by atoms with van der Waals surface area (Å²) in [4.78, 5) is 1.14. The van der Waals surface area contributed by atoms with Gasteiger partial charge in [0.2, 0.25) is 0 Å². The Balaban J connectivity index is 2.39. The second-order valence-electron chi connectivity index (χ2n) is 3.75. The minimum atomic E-state index is -0.128. The van der Waals surface area contributed by atoms with E-state index in [1.165, 1.54) is 5.56 Å². The molecule has 1 aromatic carbocycles. The molecule has 0 aliphatic rings. The molecule has 0 radical (unpaired) electrons. The van der Waals surface area contributed by atoms with Gasteiger partial charge in [0.05, 0.1) is 9.83 Å². The highest BCUT2D eigenvalue weighted by atomic mass is 79.9. The molecule has 5 heteroatoms. The summed E-state index contributed by atoms with van der Waals surface area (Å²) in [5, 5.41) is 0.705. The van der Waals surface area contributed by atoms with Gasteiger partial charge in [-0.1, -0.05) is 33.6 Å². The maximum absolute atomic E-state index is 6.27. The molecule has 0 saturated carbocycles. The first-order chi connectivity index (χ1) is 7.99. The van der Waals surface area contributed by atoms with Gasteiger partial charge >= 0.3 is 0 Å². The van der Waals surface area contributed by atoms with E-state index in [0.29, 0.717) is 5.02 Å². The quantitative estimate of drug-likeness (QED) is 0.735. The van der Waals surface area contributed by atoms with Crippen LogP contribution in [0.4, 0.5) is 0 Å². The first-order valence-electron chi connectivity index (χ1n) is 4.95. The molecule has 0 spiro atoms. The van der Waals surface area contributed by atoms with Crippen LogP contribution in [0.1, 0.15) is 22.0 Å². The minimum Gasteiger partial charge on any atom is -0.320 e. The SMILES string of the molecule is Cc1cc(C(N)c2ccc(Cl)cc2Br)sc1Br. The van der Waals surface area contributed by atoms with Crippen LogP contribution in [0.15, 0.2) is 32.5 Å². The van der Waals surface area contributed by atoms with Crippen molar-refractivity contribution in [3.63, 3.8) is 0 Å². The molecule has 0 bridgehead atoms. The lowest BCUT2D eigenvalue weighted by molar-refractivity contribution is 0.886. The average molecular weight is 396 g/mol. The molecule has 1 atom stereocenters. The zero-order valence-corrected chi connectivity index (χ0v) is 13.8. The Kier molecular flexibility index (Phi) is 4.31. The van der Waals surface area contributed by atoms with Crippen molar-refractivity contribution < 1.29 is 0 Å². The van der Waals surface area contributed by atoms with Crippen LogP contribution in [-0.4, -0.2) is 0 Å². The largest absolute Gasteiger partial charge is 0.320 e. The molecule has 1 heterocycles. The minimum absolute atomic E-state index is 0.128. The fraction of sp³-hybridized carbons (Fsp3) is 0.167. The Morgan fingerprint density at radius 1 is 1.29 bits per heavy atom. The van der Waals surface area contributed by atoms with Crippen LogP contribution < -0.4 is 5.73 Å². The Hall–Kier alpha value is 0.130. The van der Waals surface area contributed by atoms with Gasteiger partial charge in [-0.25, -0.2) is 0 Å². The van der Waals surface area contributed by atoms with Crippen LogP contribution in [0, 0.1) is 6.92 Å². The van der Waals surface area contributed by atoms with E-state index in [-0.39, 0.29) is 6.04 Å². The molecule has 90 valence electrons. The molecule has 0 aliphatic carbocycles. The van der Waals surface area contributed by atoms with Crippen LogP contribution in [-0.2, 0) is 0 Å². The molecule has 1 unspecified atom stereocenters. The molecule has 2 N–H and O–H groups in total. The highest BCUT2D eigenvalue weighted by Crippen LogP contribution is 2.36. The van der Waals surface area contributed by atoms with Gasteiger partial charge in [-0.3, -0.25) is 0 Å². The van der Waals surface area contributed by atoms with Gasteiger partial charge in [-0.15, -0.1) is 11.3 Å². The fourth-order valence-corrected chi connectivity index (χ4v) is 4.06. The zero-order chi connectivity index (χ0) is 12.6. The third kappa shape index (κ3) is 2.93. The summed E-state index contributed by atoms with van der Waals surface area (Å²) in [5.41, 5.74) is 8.52. The summed E-state index contributed by atoms with van der Waals surface area (Å²) in [6.45, 7) is 2.06. The van der Waals surface area contributed by atoms with Crippen molar-refractivity contribution in [2.24, 2.45) is 5.73 Å². The lowest BCUT2D eigenvalue weighted by Crippen LogP contribution is -2.10. The molecule has 17 heavy (non-hydrogen) atoms. The molecule has 0 aliphatic heterocycles. The topological polar surface area (TPSA) is 26.0 Å². The van der Waals surface area contributed by atoms with Crippen LogP contribution >= 0.6 is 54.8 Å². The highest BCUT2D eigenvalue weighted by molar-refractivity contribution is 9.11. The van der Waals surface area contributed by atoms with Gasteiger partial charge in [-0.05, 0) is 52.2 Å². The summed E-state index contributed by atoms with van der Waals surface area (Å²) < 4.78 is 2.08.